The SMILES string of the molecule is CCCCCC(NC(=O)COCCOCCNC(=O)CC)C(=O)O. The minimum atomic E-state index is -1.03. The van der Waals surface area contributed by atoms with E-state index in [9.17, 15) is 14.4 Å². The summed E-state index contributed by atoms with van der Waals surface area (Å²) in [7, 11) is 0. The Bertz CT molecular complexity index is 376. The van der Waals surface area contributed by atoms with Crippen LogP contribution < -0.4 is 10.6 Å². The molecule has 0 fully saturated rings. The van der Waals surface area contributed by atoms with Crippen molar-refractivity contribution >= 4 is 17.8 Å². The minimum Gasteiger partial charge on any atom is -0.480 e. The molecule has 0 rings (SSSR count). The minimum absolute atomic E-state index is 0.0292. The Balaban J connectivity index is 3.66. The van der Waals surface area contributed by atoms with Crippen LogP contribution in [0.4, 0.5) is 0 Å². The number of carbonyl (C=O) groups is 3. The topological polar surface area (TPSA) is 114 Å². The Morgan fingerprint density at radius 3 is 2.33 bits per heavy atom. The van der Waals surface area contributed by atoms with Gasteiger partial charge in [-0.3, -0.25) is 9.59 Å². The normalized spacial score (nSPS) is 11.8. The van der Waals surface area contributed by atoms with Gasteiger partial charge in [0.2, 0.25) is 11.8 Å². The summed E-state index contributed by atoms with van der Waals surface area (Å²) in [4.78, 5) is 33.7. The van der Waals surface area contributed by atoms with Crippen LogP contribution >= 0.6 is 0 Å². The van der Waals surface area contributed by atoms with Crippen molar-refractivity contribution < 1.29 is 29.0 Å². The fraction of sp³-hybridized carbons (Fsp3) is 0.812. The van der Waals surface area contributed by atoms with Crippen molar-refractivity contribution in [2.75, 3.05) is 33.0 Å². The number of hydrogen-bond donors (Lipinski definition) is 3. The van der Waals surface area contributed by atoms with Gasteiger partial charge in [-0.2, -0.15) is 0 Å². The number of carboxylic acid groups (broad SMARTS) is 1. The molecule has 0 saturated heterocycles. The first-order valence-corrected chi connectivity index (χ1v) is 8.45. The molecular weight excluding hydrogens is 316 g/mol. The molecule has 0 heterocycles. The average Bonchev–Trinajstić information content (AvgIpc) is 2.56. The van der Waals surface area contributed by atoms with Crippen molar-refractivity contribution in [2.24, 2.45) is 0 Å². The Morgan fingerprint density at radius 2 is 1.71 bits per heavy atom. The lowest BCUT2D eigenvalue weighted by atomic mass is 10.1. The lowest BCUT2D eigenvalue weighted by molar-refractivity contribution is -0.142. The predicted octanol–water partition coefficient (Wildman–Crippen LogP) is 0.696. The van der Waals surface area contributed by atoms with E-state index in [-0.39, 0.29) is 19.1 Å². The van der Waals surface area contributed by atoms with Crippen LogP contribution in [0.25, 0.3) is 0 Å². The summed E-state index contributed by atoms with van der Waals surface area (Å²) < 4.78 is 10.4. The zero-order valence-corrected chi connectivity index (χ0v) is 14.6. The van der Waals surface area contributed by atoms with Crippen LogP contribution in [-0.2, 0) is 23.9 Å². The van der Waals surface area contributed by atoms with E-state index in [4.69, 9.17) is 14.6 Å². The molecule has 0 radical (unpaired) electrons. The average molecular weight is 346 g/mol. The summed E-state index contributed by atoms with van der Waals surface area (Å²) >= 11 is 0. The summed E-state index contributed by atoms with van der Waals surface area (Å²) in [6.45, 7) is 4.94. The molecule has 0 aliphatic heterocycles. The van der Waals surface area contributed by atoms with Gasteiger partial charge >= 0.3 is 5.97 Å². The molecule has 0 aromatic rings. The van der Waals surface area contributed by atoms with E-state index in [1.54, 1.807) is 6.92 Å². The molecule has 0 aliphatic rings. The Kier molecular flexibility index (Phi) is 13.9. The molecule has 0 aromatic heterocycles. The number of carbonyl (C=O) groups excluding carboxylic acids is 2. The molecule has 2 amide bonds. The van der Waals surface area contributed by atoms with Crippen LogP contribution in [0, 0.1) is 0 Å². The smallest absolute Gasteiger partial charge is 0.326 e. The molecule has 0 spiro atoms. The van der Waals surface area contributed by atoms with Gasteiger partial charge in [-0.25, -0.2) is 4.79 Å². The highest BCUT2D eigenvalue weighted by Gasteiger charge is 2.19. The van der Waals surface area contributed by atoms with Gasteiger partial charge in [-0.1, -0.05) is 33.1 Å². The number of rotatable bonds is 15. The molecule has 0 bridgehead atoms. The Hall–Kier alpha value is -1.67. The number of hydrogen-bond acceptors (Lipinski definition) is 5. The van der Waals surface area contributed by atoms with Crippen molar-refractivity contribution in [1.29, 1.82) is 0 Å². The number of amides is 2. The van der Waals surface area contributed by atoms with Crippen LogP contribution in [0.15, 0.2) is 0 Å². The molecule has 0 aliphatic carbocycles. The number of unbranched alkanes of at least 4 members (excludes halogenated alkanes) is 2. The second-order valence-electron chi connectivity index (χ2n) is 5.32. The van der Waals surface area contributed by atoms with Crippen LogP contribution in [0.1, 0.15) is 46.0 Å². The maximum Gasteiger partial charge on any atom is 0.326 e. The zero-order valence-electron chi connectivity index (χ0n) is 14.6. The summed E-state index contributed by atoms with van der Waals surface area (Å²) in [5.41, 5.74) is 0. The Morgan fingerprint density at radius 1 is 1.00 bits per heavy atom. The molecule has 3 N–H and O–H groups in total. The number of ether oxygens (including phenoxy) is 2. The van der Waals surface area contributed by atoms with Gasteiger partial charge in [-0.15, -0.1) is 0 Å². The molecule has 1 atom stereocenters. The summed E-state index contributed by atoms with van der Waals surface area (Å²) in [5.74, 6) is -1.51. The van der Waals surface area contributed by atoms with Crippen LogP contribution in [0.2, 0.25) is 0 Å². The van der Waals surface area contributed by atoms with E-state index in [2.05, 4.69) is 10.6 Å². The van der Waals surface area contributed by atoms with E-state index in [1.807, 2.05) is 6.92 Å². The third-order valence-electron chi connectivity index (χ3n) is 3.22. The van der Waals surface area contributed by atoms with Crippen LogP contribution in [-0.4, -0.2) is 61.9 Å². The summed E-state index contributed by atoms with van der Waals surface area (Å²) in [6.07, 6.45) is 3.55. The van der Waals surface area contributed by atoms with Gasteiger partial charge < -0.3 is 25.2 Å². The van der Waals surface area contributed by atoms with Crippen molar-refractivity contribution in [3.63, 3.8) is 0 Å². The van der Waals surface area contributed by atoms with Gasteiger partial charge in [0.1, 0.15) is 12.6 Å². The van der Waals surface area contributed by atoms with Gasteiger partial charge in [0.15, 0.2) is 0 Å². The fourth-order valence-electron chi connectivity index (χ4n) is 1.86. The third kappa shape index (κ3) is 12.8. The highest BCUT2D eigenvalue weighted by molar-refractivity contribution is 5.84. The quantitative estimate of drug-likeness (QED) is 0.376. The maximum atomic E-state index is 11.6. The van der Waals surface area contributed by atoms with Crippen LogP contribution in [0.3, 0.4) is 0 Å². The monoisotopic (exact) mass is 346 g/mol. The highest BCUT2D eigenvalue weighted by atomic mass is 16.5. The summed E-state index contributed by atoms with van der Waals surface area (Å²) in [6, 6.07) is -0.869. The van der Waals surface area contributed by atoms with E-state index in [0.29, 0.717) is 32.6 Å². The molecule has 0 aromatic carbocycles. The second-order valence-corrected chi connectivity index (χ2v) is 5.32. The molecule has 24 heavy (non-hydrogen) atoms. The van der Waals surface area contributed by atoms with E-state index in [0.717, 1.165) is 19.3 Å². The lowest BCUT2D eigenvalue weighted by Gasteiger charge is -2.14. The largest absolute Gasteiger partial charge is 0.480 e. The van der Waals surface area contributed by atoms with E-state index >= 15 is 0 Å². The van der Waals surface area contributed by atoms with E-state index in [1.165, 1.54) is 0 Å². The van der Waals surface area contributed by atoms with E-state index < -0.39 is 17.9 Å². The number of carboxylic acids is 1. The molecule has 0 saturated carbocycles. The van der Waals surface area contributed by atoms with Gasteiger partial charge in [0.25, 0.3) is 0 Å². The number of aliphatic carboxylic acids is 1. The first-order chi connectivity index (χ1) is 11.5. The standard InChI is InChI=1S/C16H30N2O6/c1-3-5-6-7-13(16(21)22)18-15(20)12-24-11-10-23-9-8-17-14(19)4-2/h13H,3-12H2,1-2H3,(H,17,19)(H,18,20)(H,21,22). The highest BCUT2D eigenvalue weighted by Crippen LogP contribution is 2.03. The molecular formula is C16H30N2O6. The van der Waals surface area contributed by atoms with Crippen molar-refractivity contribution in [1.82, 2.24) is 10.6 Å². The second kappa shape index (κ2) is 14.9. The van der Waals surface area contributed by atoms with Gasteiger partial charge in [-0.05, 0) is 6.42 Å². The van der Waals surface area contributed by atoms with Crippen molar-refractivity contribution in [2.45, 2.75) is 52.0 Å². The molecule has 1 unspecified atom stereocenters. The molecule has 8 nitrogen and oxygen atoms in total. The Labute approximate surface area is 143 Å². The third-order valence-corrected chi connectivity index (χ3v) is 3.22. The number of nitrogens with one attached hydrogen (secondary N) is 2. The van der Waals surface area contributed by atoms with Crippen LogP contribution in [0.5, 0.6) is 0 Å². The molecule has 8 heteroatoms. The zero-order chi connectivity index (χ0) is 18.2. The fourth-order valence-corrected chi connectivity index (χ4v) is 1.86. The summed E-state index contributed by atoms with van der Waals surface area (Å²) in [5, 5.41) is 14.2. The first kappa shape index (κ1) is 22.3. The lowest BCUT2D eigenvalue weighted by Crippen LogP contribution is -2.42. The maximum absolute atomic E-state index is 11.6. The van der Waals surface area contributed by atoms with Gasteiger partial charge in [0, 0.05) is 13.0 Å². The van der Waals surface area contributed by atoms with Crippen molar-refractivity contribution in [3.8, 4) is 0 Å². The predicted molar refractivity (Wildman–Crippen MR) is 88.6 cm³/mol. The first-order valence-electron chi connectivity index (χ1n) is 8.45. The van der Waals surface area contributed by atoms with Crippen molar-refractivity contribution in [3.05, 3.63) is 0 Å². The molecule has 140 valence electrons. The van der Waals surface area contributed by atoms with Gasteiger partial charge in [0.05, 0.1) is 19.8 Å².